The molecule has 10 heavy (non-hydrogen) atoms. The second-order valence-corrected chi connectivity index (χ2v) is 3.60. The van der Waals surface area contributed by atoms with E-state index in [-0.39, 0.29) is 0 Å². The largest absolute Gasteiger partial charge is 0.468 e. The predicted molar refractivity (Wildman–Crippen MR) is 40.6 cm³/mol. The molecule has 0 aromatic heterocycles. The number of hydrogen-bond donors (Lipinski definition) is 2. The highest BCUT2D eigenvalue weighted by Gasteiger charge is 2.31. The first-order chi connectivity index (χ1) is 4.86. The Morgan fingerprint density at radius 1 is 1.40 bits per heavy atom. The van der Waals surface area contributed by atoms with Crippen LogP contribution < -0.4 is 10.2 Å². The van der Waals surface area contributed by atoms with Crippen LogP contribution in [0.2, 0.25) is 0 Å². The van der Waals surface area contributed by atoms with Crippen LogP contribution in [-0.2, 0) is 0 Å². The highest BCUT2D eigenvalue weighted by molar-refractivity contribution is 4.84. The molecule has 2 saturated heterocycles. The monoisotopic (exact) mass is 140 g/mol. The SMILES string of the molecule is [CH2-][NH+]1CC[C@H]2NCC[C@H]2C1. The van der Waals surface area contributed by atoms with Crippen molar-refractivity contribution in [2.75, 3.05) is 19.6 Å². The lowest BCUT2D eigenvalue weighted by atomic mass is 9.94. The van der Waals surface area contributed by atoms with Crippen molar-refractivity contribution < 1.29 is 4.90 Å². The molecule has 2 aliphatic rings. The van der Waals surface area contributed by atoms with Crippen molar-refractivity contribution in [1.82, 2.24) is 5.32 Å². The molecule has 58 valence electrons. The summed E-state index contributed by atoms with van der Waals surface area (Å²) in [7, 11) is 4.05. The number of nitrogens with one attached hydrogen (secondary N) is 2. The summed E-state index contributed by atoms with van der Waals surface area (Å²) in [6.07, 6.45) is 2.72. The molecule has 0 spiro atoms. The van der Waals surface area contributed by atoms with Gasteiger partial charge in [0.1, 0.15) is 0 Å². The standard InChI is InChI=1S/C8H16N2/c1-10-5-3-8-7(6-10)2-4-9-8/h7-10H,1-6H2/t7-,8+/m0/s1. The van der Waals surface area contributed by atoms with E-state index in [1.165, 1.54) is 37.4 Å². The lowest BCUT2D eigenvalue weighted by Gasteiger charge is -2.33. The van der Waals surface area contributed by atoms with Crippen molar-refractivity contribution in [3.05, 3.63) is 7.05 Å². The van der Waals surface area contributed by atoms with Crippen LogP contribution in [0.4, 0.5) is 0 Å². The van der Waals surface area contributed by atoms with Crippen LogP contribution in [0.5, 0.6) is 0 Å². The summed E-state index contributed by atoms with van der Waals surface area (Å²) >= 11 is 0. The molecule has 0 aromatic rings. The number of rotatable bonds is 0. The van der Waals surface area contributed by atoms with Gasteiger partial charge in [0.2, 0.25) is 0 Å². The summed E-state index contributed by atoms with van der Waals surface area (Å²) in [5, 5.41) is 3.54. The summed E-state index contributed by atoms with van der Waals surface area (Å²) in [5.41, 5.74) is 0. The average molecular weight is 140 g/mol. The van der Waals surface area contributed by atoms with E-state index in [0.29, 0.717) is 0 Å². The fourth-order valence-corrected chi connectivity index (χ4v) is 2.24. The summed E-state index contributed by atoms with van der Waals surface area (Å²) in [6.45, 7) is 3.79. The van der Waals surface area contributed by atoms with Gasteiger partial charge in [-0.3, -0.25) is 0 Å². The molecule has 2 heterocycles. The van der Waals surface area contributed by atoms with Crippen molar-refractivity contribution in [2.45, 2.75) is 18.9 Å². The zero-order valence-electron chi connectivity index (χ0n) is 6.40. The molecule has 2 aliphatic heterocycles. The van der Waals surface area contributed by atoms with Crippen LogP contribution in [0, 0.1) is 13.0 Å². The van der Waals surface area contributed by atoms with E-state index < -0.39 is 0 Å². The average Bonchev–Trinajstić information content (AvgIpc) is 2.33. The third-order valence-electron chi connectivity index (χ3n) is 2.85. The van der Waals surface area contributed by atoms with Crippen molar-refractivity contribution in [3.8, 4) is 0 Å². The fourth-order valence-electron chi connectivity index (χ4n) is 2.24. The zero-order valence-corrected chi connectivity index (χ0v) is 6.40. The van der Waals surface area contributed by atoms with Crippen LogP contribution in [0.25, 0.3) is 0 Å². The molecule has 3 atom stereocenters. The molecule has 0 aromatic carbocycles. The van der Waals surface area contributed by atoms with E-state index in [2.05, 4.69) is 12.4 Å². The molecule has 0 bridgehead atoms. The van der Waals surface area contributed by atoms with Gasteiger partial charge in [-0.15, -0.1) is 0 Å². The van der Waals surface area contributed by atoms with E-state index in [4.69, 9.17) is 0 Å². The molecule has 0 amide bonds. The maximum atomic E-state index is 4.05. The number of quaternary nitrogens is 1. The van der Waals surface area contributed by atoms with Crippen molar-refractivity contribution in [1.29, 1.82) is 0 Å². The smallest absolute Gasteiger partial charge is 0.0574 e. The quantitative estimate of drug-likeness (QED) is 0.415. The van der Waals surface area contributed by atoms with E-state index >= 15 is 0 Å². The summed E-state index contributed by atoms with van der Waals surface area (Å²) < 4.78 is 0. The van der Waals surface area contributed by atoms with Gasteiger partial charge in [-0.2, -0.15) is 7.05 Å². The van der Waals surface area contributed by atoms with E-state index in [1.54, 1.807) is 0 Å². The van der Waals surface area contributed by atoms with E-state index in [9.17, 15) is 0 Å². The number of likely N-dealkylation sites (tertiary alicyclic amines) is 1. The number of hydrogen-bond acceptors (Lipinski definition) is 1. The topological polar surface area (TPSA) is 16.5 Å². The Labute approximate surface area is 62.6 Å². The van der Waals surface area contributed by atoms with E-state index in [0.717, 1.165) is 12.0 Å². The van der Waals surface area contributed by atoms with Crippen LogP contribution in [0.15, 0.2) is 0 Å². The molecule has 0 saturated carbocycles. The first-order valence-corrected chi connectivity index (χ1v) is 4.26. The van der Waals surface area contributed by atoms with Gasteiger partial charge in [0.05, 0.1) is 13.1 Å². The molecular weight excluding hydrogens is 124 g/mol. The van der Waals surface area contributed by atoms with Gasteiger partial charge in [0.25, 0.3) is 0 Å². The summed E-state index contributed by atoms with van der Waals surface area (Å²) in [4.78, 5) is 1.48. The minimum absolute atomic E-state index is 0.838. The molecule has 0 aliphatic carbocycles. The van der Waals surface area contributed by atoms with Crippen molar-refractivity contribution >= 4 is 0 Å². The third kappa shape index (κ3) is 1.06. The molecule has 2 fully saturated rings. The van der Waals surface area contributed by atoms with Gasteiger partial charge >= 0.3 is 0 Å². The van der Waals surface area contributed by atoms with Crippen LogP contribution >= 0.6 is 0 Å². The van der Waals surface area contributed by atoms with E-state index in [1.807, 2.05) is 0 Å². The number of piperidine rings is 1. The first-order valence-electron chi connectivity index (χ1n) is 4.26. The first kappa shape index (κ1) is 6.62. The van der Waals surface area contributed by atoms with Gasteiger partial charge in [0.15, 0.2) is 0 Å². The molecule has 1 unspecified atom stereocenters. The second-order valence-electron chi connectivity index (χ2n) is 3.60. The van der Waals surface area contributed by atoms with Crippen LogP contribution in [-0.4, -0.2) is 25.7 Å². The molecule has 2 N–H and O–H groups in total. The Morgan fingerprint density at radius 3 is 3.20 bits per heavy atom. The lowest BCUT2D eigenvalue weighted by molar-refractivity contribution is -0.863. The Balaban J connectivity index is 1.96. The second kappa shape index (κ2) is 2.51. The molecule has 2 heteroatoms. The normalized spacial score (nSPS) is 47.1. The minimum Gasteiger partial charge on any atom is -0.468 e. The van der Waals surface area contributed by atoms with Gasteiger partial charge in [0, 0.05) is 18.4 Å². The summed E-state index contributed by atoms with van der Waals surface area (Å²) in [5.74, 6) is 0.932. The Kier molecular flexibility index (Phi) is 1.66. The van der Waals surface area contributed by atoms with Crippen LogP contribution in [0.1, 0.15) is 12.8 Å². The lowest BCUT2D eigenvalue weighted by Crippen LogP contribution is -3.09. The van der Waals surface area contributed by atoms with Gasteiger partial charge in [-0.05, 0) is 13.0 Å². The minimum atomic E-state index is 0.838. The Bertz CT molecular complexity index is 124. The van der Waals surface area contributed by atoms with Crippen molar-refractivity contribution in [2.24, 2.45) is 5.92 Å². The maximum absolute atomic E-state index is 4.05. The maximum Gasteiger partial charge on any atom is 0.0574 e. The Hall–Kier alpha value is -0.0800. The summed E-state index contributed by atoms with van der Waals surface area (Å²) in [6, 6.07) is 0.838. The molecule has 2 nitrogen and oxygen atoms in total. The fraction of sp³-hybridized carbons (Fsp3) is 0.875. The predicted octanol–water partition coefficient (Wildman–Crippen LogP) is -0.955. The molecule has 0 radical (unpaired) electrons. The molecule has 2 rings (SSSR count). The number of fused-ring (bicyclic) bond motifs is 1. The molecular formula is C8H16N2. The zero-order chi connectivity index (χ0) is 6.97. The van der Waals surface area contributed by atoms with Gasteiger partial charge in [-0.25, -0.2) is 0 Å². The van der Waals surface area contributed by atoms with Gasteiger partial charge in [-0.1, -0.05) is 0 Å². The van der Waals surface area contributed by atoms with Crippen LogP contribution in [0.3, 0.4) is 0 Å². The highest BCUT2D eigenvalue weighted by atomic mass is 15.1. The Morgan fingerprint density at radius 2 is 2.30 bits per heavy atom. The van der Waals surface area contributed by atoms with Crippen molar-refractivity contribution in [3.63, 3.8) is 0 Å². The van der Waals surface area contributed by atoms with Gasteiger partial charge < -0.3 is 10.2 Å². The highest BCUT2D eigenvalue weighted by Crippen LogP contribution is 2.17. The third-order valence-corrected chi connectivity index (χ3v) is 2.85.